The van der Waals surface area contributed by atoms with Crippen molar-refractivity contribution in [2.75, 3.05) is 24.0 Å². The van der Waals surface area contributed by atoms with Gasteiger partial charge in [-0.05, 0) is 36.9 Å². The number of hydrogen-bond donors (Lipinski definition) is 2. The average Bonchev–Trinajstić information content (AvgIpc) is 2.47. The molecular weight excluding hydrogens is 381 g/mol. The second kappa shape index (κ2) is 18.1. The van der Waals surface area contributed by atoms with Crippen molar-refractivity contribution < 1.29 is 32.2 Å². The van der Waals surface area contributed by atoms with Crippen LogP contribution in [0.2, 0.25) is 0 Å². The van der Waals surface area contributed by atoms with E-state index in [2.05, 4.69) is 10.6 Å². The second-order valence-corrected chi connectivity index (χ2v) is 6.68. The third kappa shape index (κ3) is 19.5. The predicted molar refractivity (Wildman–Crippen MR) is 99.2 cm³/mol. The molecule has 0 aromatic carbocycles. The molecule has 2 amide bonds. The van der Waals surface area contributed by atoms with Crippen molar-refractivity contribution >= 4 is 70.3 Å². The number of thioether (sulfide) groups is 2. The van der Waals surface area contributed by atoms with Crippen molar-refractivity contribution in [3.05, 3.63) is 0 Å². The van der Waals surface area contributed by atoms with E-state index in [0.717, 1.165) is 0 Å². The van der Waals surface area contributed by atoms with E-state index in [4.69, 9.17) is 0 Å². The van der Waals surface area contributed by atoms with Gasteiger partial charge in [0.1, 0.15) is 0 Å². The van der Waals surface area contributed by atoms with Crippen molar-refractivity contribution in [2.24, 2.45) is 0 Å². The molecule has 2 N–H and O–H groups in total. The van der Waals surface area contributed by atoms with Crippen molar-refractivity contribution in [3.8, 4) is 0 Å². The fourth-order valence-corrected chi connectivity index (χ4v) is 2.40. The van der Waals surface area contributed by atoms with Gasteiger partial charge in [-0.3, -0.25) is 9.59 Å². The molecule has 0 spiro atoms. The number of hydrogen-bond acceptors (Lipinski definition) is 8. The van der Waals surface area contributed by atoms with E-state index < -0.39 is 24.0 Å². The van der Waals surface area contributed by atoms with E-state index in [1.807, 2.05) is 12.5 Å². The first-order valence-electron chi connectivity index (χ1n) is 7.09. The van der Waals surface area contributed by atoms with Crippen LogP contribution in [0.4, 0.5) is 0 Å². The van der Waals surface area contributed by atoms with Crippen LogP contribution in [0.5, 0.6) is 0 Å². The molecule has 11 heteroatoms. The van der Waals surface area contributed by atoms with Gasteiger partial charge in [0, 0.05) is 13.8 Å². The number of aliphatic carboxylic acids is 2. The number of carboxylic acids is 2. The van der Waals surface area contributed by atoms with Gasteiger partial charge >= 0.3 is 23.1 Å². The first-order valence-corrected chi connectivity index (χ1v) is 9.88. The summed E-state index contributed by atoms with van der Waals surface area (Å²) in [6.45, 7) is 2.57. The van der Waals surface area contributed by atoms with Crippen LogP contribution in [-0.4, -0.2) is 82.9 Å². The molecule has 0 aromatic rings. The Kier molecular flexibility index (Phi) is 21.1. The molecule has 0 aliphatic rings. The van der Waals surface area contributed by atoms with Crippen LogP contribution in [0.1, 0.15) is 29.5 Å². The number of carboxylic acid groups (broad SMARTS) is 2. The molecule has 8 nitrogen and oxygen atoms in total. The summed E-state index contributed by atoms with van der Waals surface area (Å²) in [5, 5.41) is 25.4. The van der Waals surface area contributed by atoms with Gasteiger partial charge in [-0.15, -0.1) is 0 Å². The quantitative estimate of drug-likeness (QED) is 0.391. The van der Waals surface area contributed by atoms with Gasteiger partial charge in [0.2, 0.25) is 11.8 Å². The molecule has 2 atom stereocenters. The summed E-state index contributed by atoms with van der Waals surface area (Å²) >= 11 is 3.06. The molecule has 0 unspecified atom stereocenters. The predicted octanol–water partition coefficient (Wildman–Crippen LogP) is -2.17. The number of carbonyl (C=O) groups excluding carboxylic acids is 4. The molecule has 0 saturated heterocycles. The number of rotatable bonds is 10. The molecule has 0 rings (SSSR count). The zero-order chi connectivity index (χ0) is 19.1. The minimum atomic E-state index is -1.22. The van der Waals surface area contributed by atoms with E-state index in [9.17, 15) is 29.4 Å². The van der Waals surface area contributed by atoms with Crippen LogP contribution in [0.15, 0.2) is 0 Å². The monoisotopic (exact) mass is 406 g/mol. The van der Waals surface area contributed by atoms with E-state index in [1.54, 1.807) is 0 Å². The van der Waals surface area contributed by atoms with E-state index in [1.165, 1.54) is 37.4 Å². The van der Waals surface area contributed by atoms with Crippen molar-refractivity contribution in [1.29, 1.82) is 0 Å². The molecular formula is C14H26MgN2O6S2-2. The first kappa shape index (κ1) is 29.1. The van der Waals surface area contributed by atoms with Crippen LogP contribution in [0, 0.1) is 0 Å². The zero-order valence-corrected chi connectivity index (χ0v) is 18.0. The van der Waals surface area contributed by atoms with Crippen LogP contribution in [-0.2, 0) is 19.2 Å². The minimum Gasteiger partial charge on any atom is -1.00 e. The van der Waals surface area contributed by atoms with Crippen molar-refractivity contribution in [3.63, 3.8) is 0 Å². The summed E-state index contributed by atoms with van der Waals surface area (Å²) < 4.78 is 0. The van der Waals surface area contributed by atoms with Gasteiger partial charge < -0.3 is 33.3 Å². The Morgan fingerprint density at radius 2 is 1.12 bits per heavy atom. The number of nitrogens with one attached hydrogen (secondary N) is 2. The van der Waals surface area contributed by atoms with Crippen LogP contribution in [0.25, 0.3) is 0 Å². The van der Waals surface area contributed by atoms with E-state index in [-0.39, 0.29) is 37.7 Å². The summed E-state index contributed by atoms with van der Waals surface area (Å²) in [6, 6.07) is -1.70. The minimum absolute atomic E-state index is 0. The molecule has 0 bridgehead atoms. The maximum absolute atomic E-state index is 10.5. The third-order valence-corrected chi connectivity index (χ3v) is 3.83. The Bertz CT molecular complexity index is 398. The van der Waals surface area contributed by atoms with Gasteiger partial charge in [-0.1, -0.05) is 0 Å². The molecule has 0 aliphatic carbocycles. The maximum Gasteiger partial charge on any atom is 2.00 e. The van der Waals surface area contributed by atoms with Gasteiger partial charge in [-0.2, -0.15) is 23.5 Å². The molecule has 0 fully saturated rings. The standard InChI is InChI=1S/2C7H13NO3S.Mg.2H/c2*1-5(9)8-6(7(10)11)3-4-12-2;;;/h2*6H,3-4H2,1-2H3,(H,8,9)(H,10,11);;;/q;;+2;2*-1/p-2/t2*6-;;;/m00.../s1. The smallest absolute Gasteiger partial charge is 1.00 e. The van der Waals surface area contributed by atoms with Crippen LogP contribution in [0.3, 0.4) is 0 Å². The van der Waals surface area contributed by atoms with Gasteiger partial charge in [0.15, 0.2) is 0 Å². The van der Waals surface area contributed by atoms with Gasteiger partial charge in [0.25, 0.3) is 0 Å². The second-order valence-electron chi connectivity index (χ2n) is 4.71. The number of carbonyl (C=O) groups is 4. The fraction of sp³-hybridized carbons (Fsp3) is 0.714. The van der Waals surface area contributed by atoms with Crippen molar-refractivity contribution in [1.82, 2.24) is 10.6 Å². The Morgan fingerprint density at radius 1 is 0.840 bits per heavy atom. The largest absolute Gasteiger partial charge is 2.00 e. The van der Waals surface area contributed by atoms with Crippen LogP contribution >= 0.6 is 23.5 Å². The topological polar surface area (TPSA) is 138 Å². The summed E-state index contributed by atoms with van der Waals surface area (Å²) in [7, 11) is 0. The Balaban J connectivity index is -0.000000108. The summed E-state index contributed by atoms with van der Waals surface area (Å²) in [6.07, 6.45) is 4.56. The molecule has 0 saturated carbocycles. The van der Waals surface area contributed by atoms with E-state index in [0.29, 0.717) is 24.3 Å². The fourth-order valence-electron chi connectivity index (χ4n) is 1.46. The summed E-state index contributed by atoms with van der Waals surface area (Å²) in [4.78, 5) is 41.8. The van der Waals surface area contributed by atoms with Gasteiger partial charge in [0.05, 0.1) is 24.0 Å². The van der Waals surface area contributed by atoms with Crippen LogP contribution < -0.4 is 20.8 Å². The normalized spacial score (nSPS) is 11.7. The Labute approximate surface area is 175 Å². The maximum atomic E-state index is 10.5. The zero-order valence-electron chi connectivity index (χ0n) is 17.0. The molecule has 25 heavy (non-hydrogen) atoms. The number of amides is 2. The van der Waals surface area contributed by atoms with Gasteiger partial charge in [-0.25, -0.2) is 0 Å². The SMILES string of the molecule is CSCC[C@H](NC(C)=O)C(=O)[O-].CSCC[C@H](NC(C)=O)C(=O)[O-].[H-].[H-].[Mg+2]. The molecule has 0 aromatic heterocycles. The average molecular weight is 407 g/mol. The first-order chi connectivity index (χ1) is 11.1. The Morgan fingerprint density at radius 3 is 1.28 bits per heavy atom. The molecule has 0 heterocycles. The summed E-state index contributed by atoms with van der Waals surface area (Å²) in [5.74, 6) is -1.74. The molecule has 0 radical (unpaired) electrons. The molecule has 144 valence electrons. The summed E-state index contributed by atoms with van der Waals surface area (Å²) in [5.41, 5.74) is 0. The molecule has 0 aliphatic heterocycles. The third-order valence-electron chi connectivity index (χ3n) is 2.55. The van der Waals surface area contributed by atoms with E-state index >= 15 is 0 Å². The Hall–Kier alpha value is -0.654. The van der Waals surface area contributed by atoms with Crippen molar-refractivity contribution in [2.45, 2.75) is 38.8 Å².